The fourth-order valence-corrected chi connectivity index (χ4v) is 2.30. The van der Waals surface area contributed by atoms with Crippen molar-refractivity contribution in [2.45, 2.75) is 33.1 Å². The summed E-state index contributed by atoms with van der Waals surface area (Å²) >= 11 is 6.20. The van der Waals surface area contributed by atoms with Crippen LogP contribution < -0.4 is 5.32 Å². The lowest BCUT2D eigenvalue weighted by atomic mass is 10.1. The van der Waals surface area contributed by atoms with Crippen molar-refractivity contribution in [2.75, 3.05) is 11.9 Å². The van der Waals surface area contributed by atoms with E-state index >= 15 is 0 Å². The van der Waals surface area contributed by atoms with E-state index in [4.69, 9.17) is 11.6 Å². The van der Waals surface area contributed by atoms with E-state index in [0.29, 0.717) is 6.42 Å². The summed E-state index contributed by atoms with van der Waals surface area (Å²) in [5.74, 6) is 1.72. The highest BCUT2D eigenvalue weighted by Crippen LogP contribution is 2.18. The summed E-state index contributed by atoms with van der Waals surface area (Å²) in [6, 6.07) is 9.87. The quantitative estimate of drug-likeness (QED) is 0.870. The molecule has 0 saturated heterocycles. The van der Waals surface area contributed by atoms with Gasteiger partial charge in [0.2, 0.25) is 0 Å². The zero-order valence-electron chi connectivity index (χ0n) is 12.0. The van der Waals surface area contributed by atoms with Crippen LogP contribution in [0.4, 0.5) is 5.82 Å². The summed E-state index contributed by atoms with van der Waals surface area (Å²) in [7, 11) is 0. The third-order valence-electron chi connectivity index (χ3n) is 3.00. The standard InChI is InChI=1S/C16H20ClN3/c1-3-7-13-11-15(18-4-2)20-16(19-13)10-12-8-5-6-9-14(12)17/h5-6,8-9,11H,3-4,7,10H2,1-2H3,(H,18,19,20). The minimum atomic E-state index is 0.662. The molecule has 0 saturated carbocycles. The first-order valence-electron chi connectivity index (χ1n) is 7.07. The maximum atomic E-state index is 6.20. The van der Waals surface area contributed by atoms with Gasteiger partial charge >= 0.3 is 0 Å². The van der Waals surface area contributed by atoms with Gasteiger partial charge in [0, 0.05) is 29.7 Å². The maximum Gasteiger partial charge on any atom is 0.135 e. The monoisotopic (exact) mass is 289 g/mol. The molecule has 106 valence electrons. The summed E-state index contributed by atoms with van der Waals surface area (Å²) in [6.07, 6.45) is 2.71. The van der Waals surface area contributed by atoms with Crippen molar-refractivity contribution in [1.82, 2.24) is 9.97 Å². The number of aryl methyl sites for hydroxylation is 1. The van der Waals surface area contributed by atoms with Gasteiger partial charge in [-0.05, 0) is 25.0 Å². The maximum absolute atomic E-state index is 6.20. The van der Waals surface area contributed by atoms with Crippen molar-refractivity contribution in [1.29, 1.82) is 0 Å². The molecule has 2 aromatic rings. The topological polar surface area (TPSA) is 37.8 Å². The zero-order chi connectivity index (χ0) is 14.4. The molecule has 1 heterocycles. The summed E-state index contributed by atoms with van der Waals surface area (Å²) < 4.78 is 0. The predicted octanol–water partition coefficient (Wildman–Crippen LogP) is 4.11. The van der Waals surface area contributed by atoms with Crippen LogP contribution in [0.2, 0.25) is 5.02 Å². The fourth-order valence-electron chi connectivity index (χ4n) is 2.10. The number of halogens is 1. The Hall–Kier alpha value is -1.61. The number of nitrogens with one attached hydrogen (secondary N) is 1. The number of aromatic nitrogens is 2. The SMILES string of the molecule is CCCc1cc(NCC)nc(Cc2ccccc2Cl)n1. The van der Waals surface area contributed by atoms with E-state index in [1.165, 1.54) is 0 Å². The fraction of sp³-hybridized carbons (Fsp3) is 0.375. The third-order valence-corrected chi connectivity index (χ3v) is 3.36. The van der Waals surface area contributed by atoms with Crippen LogP contribution in [0.5, 0.6) is 0 Å². The Morgan fingerprint density at radius 3 is 2.65 bits per heavy atom. The van der Waals surface area contributed by atoms with Gasteiger partial charge in [-0.15, -0.1) is 0 Å². The first-order chi connectivity index (χ1) is 9.72. The first kappa shape index (κ1) is 14.8. The molecule has 4 heteroatoms. The van der Waals surface area contributed by atoms with Gasteiger partial charge in [-0.1, -0.05) is 43.1 Å². The summed E-state index contributed by atoms with van der Waals surface area (Å²) in [5.41, 5.74) is 2.14. The first-order valence-corrected chi connectivity index (χ1v) is 7.44. The van der Waals surface area contributed by atoms with Gasteiger partial charge in [-0.2, -0.15) is 0 Å². The molecule has 1 aromatic heterocycles. The van der Waals surface area contributed by atoms with Crippen molar-refractivity contribution in [3.05, 3.63) is 52.4 Å². The molecule has 0 aliphatic heterocycles. The van der Waals surface area contributed by atoms with Crippen LogP contribution in [-0.4, -0.2) is 16.5 Å². The molecule has 0 spiro atoms. The van der Waals surface area contributed by atoms with Gasteiger partial charge < -0.3 is 5.32 Å². The van der Waals surface area contributed by atoms with E-state index in [2.05, 4.69) is 29.1 Å². The molecular weight excluding hydrogens is 270 g/mol. The molecular formula is C16H20ClN3. The summed E-state index contributed by atoms with van der Waals surface area (Å²) in [4.78, 5) is 9.19. The van der Waals surface area contributed by atoms with Crippen LogP contribution in [0.1, 0.15) is 37.4 Å². The molecule has 1 aromatic carbocycles. The van der Waals surface area contributed by atoms with E-state index in [9.17, 15) is 0 Å². The molecule has 0 bridgehead atoms. The number of hydrogen-bond donors (Lipinski definition) is 1. The van der Waals surface area contributed by atoms with Crippen LogP contribution in [-0.2, 0) is 12.8 Å². The normalized spacial score (nSPS) is 10.6. The Kier molecular flexibility index (Phi) is 5.36. The van der Waals surface area contributed by atoms with Crippen LogP contribution in [0.15, 0.2) is 30.3 Å². The molecule has 0 amide bonds. The third kappa shape index (κ3) is 3.94. The van der Waals surface area contributed by atoms with Gasteiger partial charge in [0.05, 0.1) is 0 Å². The van der Waals surface area contributed by atoms with Crippen molar-refractivity contribution < 1.29 is 0 Å². The molecule has 1 N–H and O–H groups in total. The van der Waals surface area contributed by atoms with E-state index in [0.717, 1.165) is 47.3 Å². The molecule has 3 nitrogen and oxygen atoms in total. The molecule has 0 aliphatic rings. The minimum Gasteiger partial charge on any atom is -0.370 e. The van der Waals surface area contributed by atoms with Crippen molar-refractivity contribution >= 4 is 17.4 Å². The van der Waals surface area contributed by atoms with Gasteiger partial charge in [0.1, 0.15) is 11.6 Å². The van der Waals surface area contributed by atoms with Crippen LogP contribution in [0.3, 0.4) is 0 Å². The molecule has 0 fully saturated rings. The van der Waals surface area contributed by atoms with Crippen molar-refractivity contribution in [2.24, 2.45) is 0 Å². The average molecular weight is 290 g/mol. The summed E-state index contributed by atoms with van der Waals surface area (Å²) in [5, 5.41) is 4.03. The van der Waals surface area contributed by atoms with E-state index < -0.39 is 0 Å². The second-order valence-electron chi connectivity index (χ2n) is 4.71. The molecule has 2 rings (SSSR count). The Balaban J connectivity index is 2.28. The number of nitrogens with zero attached hydrogens (tertiary/aromatic N) is 2. The highest BCUT2D eigenvalue weighted by molar-refractivity contribution is 6.31. The van der Waals surface area contributed by atoms with Crippen molar-refractivity contribution in [3.8, 4) is 0 Å². The van der Waals surface area contributed by atoms with E-state index in [1.807, 2.05) is 30.3 Å². The highest BCUT2D eigenvalue weighted by Gasteiger charge is 2.07. The zero-order valence-corrected chi connectivity index (χ0v) is 12.7. The molecule has 0 unspecified atom stereocenters. The van der Waals surface area contributed by atoms with E-state index in [-0.39, 0.29) is 0 Å². The van der Waals surface area contributed by atoms with Gasteiger partial charge in [0.15, 0.2) is 0 Å². The molecule has 0 atom stereocenters. The lowest BCUT2D eigenvalue weighted by Crippen LogP contribution is -2.07. The number of benzene rings is 1. The van der Waals surface area contributed by atoms with Gasteiger partial charge in [-0.3, -0.25) is 0 Å². The average Bonchev–Trinajstić information content (AvgIpc) is 2.42. The predicted molar refractivity (Wildman–Crippen MR) is 84.4 cm³/mol. The Labute approximate surface area is 125 Å². The van der Waals surface area contributed by atoms with Gasteiger partial charge in [-0.25, -0.2) is 9.97 Å². The van der Waals surface area contributed by atoms with E-state index in [1.54, 1.807) is 0 Å². The second-order valence-corrected chi connectivity index (χ2v) is 5.12. The largest absolute Gasteiger partial charge is 0.370 e. The lowest BCUT2D eigenvalue weighted by Gasteiger charge is -2.09. The van der Waals surface area contributed by atoms with Crippen LogP contribution in [0.25, 0.3) is 0 Å². The Morgan fingerprint density at radius 2 is 1.95 bits per heavy atom. The molecule has 0 radical (unpaired) electrons. The molecule has 20 heavy (non-hydrogen) atoms. The van der Waals surface area contributed by atoms with Crippen LogP contribution >= 0.6 is 11.6 Å². The lowest BCUT2D eigenvalue weighted by molar-refractivity contribution is 0.841. The summed E-state index contributed by atoms with van der Waals surface area (Å²) in [6.45, 7) is 5.08. The second kappa shape index (κ2) is 7.25. The van der Waals surface area contributed by atoms with Gasteiger partial charge in [0.25, 0.3) is 0 Å². The van der Waals surface area contributed by atoms with Crippen molar-refractivity contribution in [3.63, 3.8) is 0 Å². The number of rotatable bonds is 6. The number of anilines is 1. The Bertz CT molecular complexity index is 545. The van der Waals surface area contributed by atoms with Crippen LogP contribution in [0, 0.1) is 0 Å². The Morgan fingerprint density at radius 1 is 1.15 bits per heavy atom. The highest BCUT2D eigenvalue weighted by atomic mass is 35.5. The number of hydrogen-bond acceptors (Lipinski definition) is 3. The minimum absolute atomic E-state index is 0.662. The smallest absolute Gasteiger partial charge is 0.135 e. The molecule has 0 aliphatic carbocycles.